The van der Waals surface area contributed by atoms with Gasteiger partial charge in [-0.1, -0.05) is 0 Å². The third-order valence-electron chi connectivity index (χ3n) is 3.39. The zero-order chi connectivity index (χ0) is 20.0. The van der Waals surface area contributed by atoms with Gasteiger partial charge >= 0.3 is 11.9 Å². The fourth-order valence-electron chi connectivity index (χ4n) is 2.17. The first-order valence-corrected chi connectivity index (χ1v) is 7.74. The Kier molecular flexibility index (Phi) is 6.36. The predicted octanol–water partition coefficient (Wildman–Crippen LogP) is 2.74. The highest BCUT2D eigenvalue weighted by Crippen LogP contribution is 2.35. The van der Waals surface area contributed by atoms with Crippen LogP contribution in [0.3, 0.4) is 0 Å². The van der Waals surface area contributed by atoms with Crippen LogP contribution in [-0.4, -0.2) is 37.7 Å². The molecule has 10 heteroatoms. The van der Waals surface area contributed by atoms with Gasteiger partial charge in [0.2, 0.25) is 5.76 Å². The van der Waals surface area contributed by atoms with Crippen molar-refractivity contribution in [3.63, 3.8) is 0 Å². The van der Waals surface area contributed by atoms with Crippen LogP contribution in [0.15, 0.2) is 28.7 Å². The lowest BCUT2D eigenvalue weighted by atomic mass is 10.1. The summed E-state index contributed by atoms with van der Waals surface area (Å²) in [5.41, 5.74) is -0.793. The molecular formula is C17H17NO9. The minimum Gasteiger partial charge on any atom is -0.493 e. The standard InChI is InChI=1S/C17H17NO9/c1-4-25-15-8-12(18(21)22)11(7-14(15)23-2)16(19)26-9-10-5-6-13(27-10)17(20)24-3/h5-8H,4,9H2,1-3H3. The Bertz CT molecular complexity index is 856. The predicted molar refractivity (Wildman–Crippen MR) is 90.0 cm³/mol. The zero-order valence-corrected chi connectivity index (χ0v) is 14.8. The Labute approximate surface area is 153 Å². The lowest BCUT2D eigenvalue weighted by Gasteiger charge is -2.11. The van der Waals surface area contributed by atoms with Crippen LogP contribution in [0.1, 0.15) is 33.6 Å². The van der Waals surface area contributed by atoms with Crippen molar-refractivity contribution in [2.24, 2.45) is 0 Å². The summed E-state index contributed by atoms with van der Waals surface area (Å²) in [5, 5.41) is 11.3. The largest absolute Gasteiger partial charge is 0.493 e. The maximum atomic E-state index is 12.3. The number of methoxy groups -OCH3 is 2. The Morgan fingerprint density at radius 1 is 1.15 bits per heavy atom. The van der Waals surface area contributed by atoms with Crippen LogP contribution in [0.2, 0.25) is 0 Å². The number of nitro benzene ring substituents is 1. The van der Waals surface area contributed by atoms with Gasteiger partial charge in [-0.25, -0.2) is 9.59 Å². The first-order chi connectivity index (χ1) is 12.9. The summed E-state index contributed by atoms with van der Waals surface area (Å²) < 4.78 is 25.1. The molecule has 0 aliphatic rings. The second-order valence-corrected chi connectivity index (χ2v) is 5.04. The molecule has 0 saturated heterocycles. The molecule has 144 valence electrons. The maximum absolute atomic E-state index is 12.3. The number of benzene rings is 1. The Morgan fingerprint density at radius 2 is 1.89 bits per heavy atom. The average molecular weight is 379 g/mol. The summed E-state index contributed by atoms with van der Waals surface area (Å²) in [4.78, 5) is 34.2. The second-order valence-electron chi connectivity index (χ2n) is 5.04. The normalized spacial score (nSPS) is 10.2. The van der Waals surface area contributed by atoms with Crippen molar-refractivity contribution in [3.05, 3.63) is 51.5 Å². The molecule has 0 unspecified atom stereocenters. The van der Waals surface area contributed by atoms with E-state index in [1.807, 2.05) is 0 Å². The zero-order valence-electron chi connectivity index (χ0n) is 14.8. The number of rotatable bonds is 8. The SMILES string of the molecule is CCOc1cc([N+](=O)[O-])c(C(=O)OCc2ccc(C(=O)OC)o2)cc1OC. The van der Waals surface area contributed by atoms with Crippen LogP contribution >= 0.6 is 0 Å². The number of furan rings is 1. The van der Waals surface area contributed by atoms with E-state index in [2.05, 4.69) is 4.74 Å². The molecule has 0 saturated carbocycles. The fourth-order valence-corrected chi connectivity index (χ4v) is 2.17. The molecule has 0 spiro atoms. The van der Waals surface area contributed by atoms with E-state index in [1.165, 1.54) is 32.4 Å². The molecule has 2 aromatic rings. The van der Waals surface area contributed by atoms with Gasteiger partial charge in [0.1, 0.15) is 17.9 Å². The van der Waals surface area contributed by atoms with Gasteiger partial charge in [-0.15, -0.1) is 0 Å². The molecule has 1 aromatic carbocycles. The van der Waals surface area contributed by atoms with Crippen LogP contribution in [0.25, 0.3) is 0 Å². The van der Waals surface area contributed by atoms with Crippen LogP contribution in [0, 0.1) is 10.1 Å². The molecule has 0 N–H and O–H groups in total. The summed E-state index contributed by atoms with van der Waals surface area (Å²) >= 11 is 0. The molecule has 0 radical (unpaired) electrons. The van der Waals surface area contributed by atoms with Crippen molar-refractivity contribution in [3.8, 4) is 11.5 Å². The van der Waals surface area contributed by atoms with Crippen LogP contribution in [0.4, 0.5) is 5.69 Å². The Hall–Kier alpha value is -3.56. The molecule has 0 aliphatic heterocycles. The van der Waals surface area contributed by atoms with E-state index in [0.717, 1.165) is 6.07 Å². The minimum atomic E-state index is -0.959. The summed E-state index contributed by atoms with van der Waals surface area (Å²) in [6.07, 6.45) is 0. The van der Waals surface area contributed by atoms with Gasteiger partial charge in [0.05, 0.1) is 31.8 Å². The first-order valence-electron chi connectivity index (χ1n) is 7.74. The van der Waals surface area contributed by atoms with E-state index in [4.69, 9.17) is 18.6 Å². The number of nitrogens with zero attached hydrogens (tertiary/aromatic N) is 1. The summed E-state index contributed by atoms with van der Waals surface area (Å²) in [7, 11) is 2.54. The third-order valence-corrected chi connectivity index (χ3v) is 3.39. The van der Waals surface area contributed by atoms with Crippen LogP contribution < -0.4 is 9.47 Å². The average Bonchev–Trinajstić information content (AvgIpc) is 3.14. The lowest BCUT2D eigenvalue weighted by molar-refractivity contribution is -0.385. The minimum absolute atomic E-state index is 0.0581. The van der Waals surface area contributed by atoms with Crippen molar-refractivity contribution in [1.29, 1.82) is 0 Å². The molecule has 0 atom stereocenters. The van der Waals surface area contributed by atoms with Gasteiger partial charge in [0.15, 0.2) is 11.5 Å². The summed E-state index contributed by atoms with van der Waals surface area (Å²) in [5.74, 6) is -1.24. The van der Waals surface area contributed by atoms with E-state index >= 15 is 0 Å². The first kappa shape index (κ1) is 19.8. The van der Waals surface area contributed by atoms with E-state index in [1.54, 1.807) is 6.92 Å². The van der Waals surface area contributed by atoms with Crippen molar-refractivity contribution in [2.75, 3.05) is 20.8 Å². The smallest absolute Gasteiger partial charge is 0.373 e. The lowest BCUT2D eigenvalue weighted by Crippen LogP contribution is -2.09. The van der Waals surface area contributed by atoms with Crippen molar-refractivity contribution >= 4 is 17.6 Å². The number of esters is 2. The third kappa shape index (κ3) is 4.54. The quantitative estimate of drug-likeness (QED) is 0.386. The molecule has 0 amide bonds. The highest BCUT2D eigenvalue weighted by molar-refractivity contribution is 5.95. The van der Waals surface area contributed by atoms with E-state index < -0.39 is 22.5 Å². The van der Waals surface area contributed by atoms with Crippen molar-refractivity contribution < 1.29 is 37.9 Å². The highest BCUT2D eigenvalue weighted by Gasteiger charge is 2.26. The van der Waals surface area contributed by atoms with E-state index in [0.29, 0.717) is 0 Å². The fraction of sp³-hybridized carbons (Fsp3) is 0.294. The maximum Gasteiger partial charge on any atom is 0.373 e. The van der Waals surface area contributed by atoms with Crippen LogP contribution in [-0.2, 0) is 16.1 Å². The highest BCUT2D eigenvalue weighted by atomic mass is 16.6. The molecule has 2 rings (SSSR count). The molecule has 0 fully saturated rings. The molecule has 1 aromatic heterocycles. The van der Waals surface area contributed by atoms with Crippen molar-refractivity contribution in [2.45, 2.75) is 13.5 Å². The molecular weight excluding hydrogens is 362 g/mol. The molecule has 27 heavy (non-hydrogen) atoms. The molecule has 0 aliphatic carbocycles. The van der Waals surface area contributed by atoms with Gasteiger partial charge in [0.25, 0.3) is 5.69 Å². The van der Waals surface area contributed by atoms with Gasteiger partial charge in [0, 0.05) is 6.07 Å². The van der Waals surface area contributed by atoms with Gasteiger partial charge in [-0.05, 0) is 19.1 Å². The number of hydrogen-bond donors (Lipinski definition) is 0. The van der Waals surface area contributed by atoms with Crippen LogP contribution in [0.5, 0.6) is 11.5 Å². The summed E-state index contributed by atoms with van der Waals surface area (Å²) in [6.45, 7) is 1.64. The number of nitro groups is 1. The Balaban J connectivity index is 2.22. The molecule has 1 heterocycles. The second kappa shape index (κ2) is 8.70. The monoisotopic (exact) mass is 379 g/mol. The Morgan fingerprint density at radius 3 is 2.48 bits per heavy atom. The van der Waals surface area contributed by atoms with Crippen molar-refractivity contribution in [1.82, 2.24) is 0 Å². The van der Waals surface area contributed by atoms with Gasteiger partial charge < -0.3 is 23.4 Å². The topological polar surface area (TPSA) is 127 Å². The van der Waals surface area contributed by atoms with Gasteiger partial charge in [-0.2, -0.15) is 0 Å². The number of carbonyl (C=O) groups is 2. The number of carbonyl (C=O) groups excluding carboxylic acids is 2. The van der Waals surface area contributed by atoms with E-state index in [9.17, 15) is 19.7 Å². The number of ether oxygens (including phenoxy) is 4. The summed E-state index contributed by atoms with van der Waals surface area (Å²) in [6, 6.07) is 5.05. The van der Waals surface area contributed by atoms with E-state index in [-0.39, 0.29) is 41.8 Å². The molecule has 10 nitrogen and oxygen atoms in total. The number of hydrogen-bond acceptors (Lipinski definition) is 9. The molecule has 0 bridgehead atoms. The van der Waals surface area contributed by atoms with Gasteiger partial charge in [-0.3, -0.25) is 10.1 Å².